The highest BCUT2D eigenvalue weighted by Crippen LogP contribution is 2.14. The highest BCUT2D eigenvalue weighted by Gasteiger charge is 1.99. The van der Waals surface area contributed by atoms with Gasteiger partial charge in [0.25, 0.3) is 0 Å². The molecule has 1 aromatic rings. The van der Waals surface area contributed by atoms with E-state index in [4.69, 9.17) is 9.84 Å². The maximum atomic E-state index is 8.61. The van der Waals surface area contributed by atoms with Gasteiger partial charge in [-0.1, -0.05) is 12.1 Å². The Morgan fingerprint density at radius 1 is 1.17 bits per heavy atom. The molecule has 0 amide bonds. The highest BCUT2D eigenvalue weighted by atomic mass is 16.5. The molecule has 0 saturated carbocycles. The molecule has 0 aliphatic heterocycles. The van der Waals surface area contributed by atoms with Crippen molar-refractivity contribution in [2.24, 2.45) is 0 Å². The quantitative estimate of drug-likeness (QED) is 0.577. The molecule has 0 atom stereocenters. The first-order valence-electron chi connectivity index (χ1n) is 6.50. The van der Waals surface area contributed by atoms with Gasteiger partial charge < -0.3 is 20.5 Å². The van der Waals surface area contributed by atoms with Gasteiger partial charge in [0.1, 0.15) is 5.75 Å². The van der Waals surface area contributed by atoms with Crippen LogP contribution in [0.25, 0.3) is 0 Å². The van der Waals surface area contributed by atoms with Crippen LogP contribution in [0.5, 0.6) is 5.75 Å². The Labute approximate surface area is 109 Å². The van der Waals surface area contributed by atoms with E-state index in [0.717, 1.165) is 25.4 Å². The molecule has 0 fully saturated rings. The molecule has 18 heavy (non-hydrogen) atoms. The standard InChI is InChI=1S/C14H24N2O2/c1-12(2)18-14-5-3-4-13(10-14)11-16-7-6-15-8-9-17/h3-5,10,12,15-17H,6-9,11H2,1-2H3. The van der Waals surface area contributed by atoms with Gasteiger partial charge in [0, 0.05) is 26.2 Å². The van der Waals surface area contributed by atoms with Crippen LogP contribution in [0.15, 0.2) is 24.3 Å². The fraction of sp³-hybridized carbons (Fsp3) is 0.571. The molecule has 0 aliphatic rings. The molecule has 0 spiro atoms. The monoisotopic (exact) mass is 252 g/mol. The number of benzene rings is 1. The smallest absolute Gasteiger partial charge is 0.120 e. The Morgan fingerprint density at radius 3 is 2.67 bits per heavy atom. The minimum absolute atomic E-state index is 0.189. The van der Waals surface area contributed by atoms with E-state index in [1.807, 2.05) is 26.0 Å². The van der Waals surface area contributed by atoms with Gasteiger partial charge in [0.2, 0.25) is 0 Å². The lowest BCUT2D eigenvalue weighted by molar-refractivity contribution is 0.242. The number of nitrogens with one attached hydrogen (secondary N) is 2. The molecule has 0 unspecified atom stereocenters. The summed E-state index contributed by atoms with van der Waals surface area (Å²) in [5.41, 5.74) is 1.22. The Kier molecular flexibility index (Phi) is 7.41. The third-order valence-corrected chi connectivity index (χ3v) is 2.37. The third-order valence-electron chi connectivity index (χ3n) is 2.37. The Hall–Kier alpha value is -1.10. The van der Waals surface area contributed by atoms with E-state index >= 15 is 0 Å². The van der Waals surface area contributed by atoms with E-state index in [1.165, 1.54) is 5.56 Å². The van der Waals surface area contributed by atoms with Crippen molar-refractivity contribution in [2.75, 3.05) is 26.2 Å². The van der Waals surface area contributed by atoms with Crippen molar-refractivity contribution < 1.29 is 9.84 Å². The predicted molar refractivity (Wildman–Crippen MR) is 73.9 cm³/mol. The average Bonchev–Trinajstić information content (AvgIpc) is 2.33. The van der Waals surface area contributed by atoms with Gasteiger partial charge >= 0.3 is 0 Å². The lowest BCUT2D eigenvalue weighted by Crippen LogP contribution is -2.28. The van der Waals surface area contributed by atoms with Crippen LogP contribution in [0.3, 0.4) is 0 Å². The molecule has 0 aliphatic carbocycles. The average molecular weight is 252 g/mol. The summed E-state index contributed by atoms with van der Waals surface area (Å²) >= 11 is 0. The summed E-state index contributed by atoms with van der Waals surface area (Å²) in [5.74, 6) is 0.919. The minimum atomic E-state index is 0.189. The van der Waals surface area contributed by atoms with E-state index < -0.39 is 0 Å². The Balaban J connectivity index is 2.25. The molecule has 0 saturated heterocycles. The van der Waals surface area contributed by atoms with E-state index in [1.54, 1.807) is 0 Å². The highest BCUT2D eigenvalue weighted by molar-refractivity contribution is 5.28. The van der Waals surface area contributed by atoms with Gasteiger partial charge in [-0.15, -0.1) is 0 Å². The summed E-state index contributed by atoms with van der Waals surface area (Å²) in [6, 6.07) is 8.14. The molecule has 0 aromatic heterocycles. The zero-order chi connectivity index (χ0) is 13.2. The van der Waals surface area contributed by atoms with E-state index in [0.29, 0.717) is 6.54 Å². The van der Waals surface area contributed by atoms with Gasteiger partial charge in [-0.25, -0.2) is 0 Å². The fourth-order valence-corrected chi connectivity index (χ4v) is 1.61. The number of hydrogen-bond donors (Lipinski definition) is 3. The predicted octanol–water partition coefficient (Wildman–Crippen LogP) is 1.15. The van der Waals surface area contributed by atoms with E-state index in [2.05, 4.69) is 22.8 Å². The van der Waals surface area contributed by atoms with Gasteiger partial charge in [0.05, 0.1) is 12.7 Å². The van der Waals surface area contributed by atoms with Crippen molar-refractivity contribution in [3.8, 4) is 5.75 Å². The second-order valence-corrected chi connectivity index (χ2v) is 4.46. The van der Waals surface area contributed by atoms with E-state index in [9.17, 15) is 0 Å². The molecule has 102 valence electrons. The van der Waals surface area contributed by atoms with Crippen LogP contribution < -0.4 is 15.4 Å². The van der Waals surface area contributed by atoms with E-state index in [-0.39, 0.29) is 12.7 Å². The lowest BCUT2D eigenvalue weighted by Gasteiger charge is -2.11. The molecule has 1 rings (SSSR count). The second-order valence-electron chi connectivity index (χ2n) is 4.46. The molecule has 0 radical (unpaired) electrons. The molecule has 0 heterocycles. The van der Waals surface area contributed by atoms with Crippen LogP contribution in [-0.4, -0.2) is 37.5 Å². The van der Waals surface area contributed by atoms with Crippen LogP contribution in [0.4, 0.5) is 0 Å². The van der Waals surface area contributed by atoms with Crippen LogP contribution in [0.1, 0.15) is 19.4 Å². The van der Waals surface area contributed by atoms with Crippen LogP contribution >= 0.6 is 0 Å². The maximum absolute atomic E-state index is 8.61. The first kappa shape index (κ1) is 15.0. The van der Waals surface area contributed by atoms with Crippen LogP contribution in [0.2, 0.25) is 0 Å². The van der Waals surface area contributed by atoms with Gasteiger partial charge in [-0.05, 0) is 31.5 Å². The molecule has 4 nitrogen and oxygen atoms in total. The topological polar surface area (TPSA) is 53.5 Å². The zero-order valence-corrected chi connectivity index (χ0v) is 11.3. The number of ether oxygens (including phenoxy) is 1. The summed E-state index contributed by atoms with van der Waals surface area (Å²) < 4.78 is 5.65. The molecule has 1 aromatic carbocycles. The Bertz CT molecular complexity index is 329. The van der Waals surface area contributed by atoms with Crippen molar-refractivity contribution >= 4 is 0 Å². The zero-order valence-electron chi connectivity index (χ0n) is 11.3. The molecular formula is C14H24N2O2. The number of rotatable bonds is 9. The number of aliphatic hydroxyl groups is 1. The van der Waals surface area contributed by atoms with Gasteiger partial charge in [-0.3, -0.25) is 0 Å². The second kappa shape index (κ2) is 8.91. The summed E-state index contributed by atoms with van der Waals surface area (Å²) in [6.07, 6.45) is 0.205. The van der Waals surface area contributed by atoms with Gasteiger partial charge in [0.15, 0.2) is 0 Å². The lowest BCUT2D eigenvalue weighted by atomic mass is 10.2. The third kappa shape index (κ3) is 6.59. The fourth-order valence-electron chi connectivity index (χ4n) is 1.61. The van der Waals surface area contributed by atoms with Crippen LogP contribution in [0, 0.1) is 0 Å². The molecule has 0 bridgehead atoms. The molecular weight excluding hydrogens is 228 g/mol. The van der Waals surface area contributed by atoms with Gasteiger partial charge in [-0.2, -0.15) is 0 Å². The normalized spacial score (nSPS) is 10.9. The van der Waals surface area contributed by atoms with Crippen molar-refractivity contribution in [1.82, 2.24) is 10.6 Å². The first-order chi connectivity index (χ1) is 8.72. The van der Waals surface area contributed by atoms with Crippen molar-refractivity contribution in [2.45, 2.75) is 26.5 Å². The van der Waals surface area contributed by atoms with Crippen molar-refractivity contribution in [3.63, 3.8) is 0 Å². The summed E-state index contributed by atoms with van der Waals surface area (Å²) in [4.78, 5) is 0. The molecule has 3 N–H and O–H groups in total. The number of hydrogen-bond acceptors (Lipinski definition) is 4. The molecule has 4 heteroatoms. The maximum Gasteiger partial charge on any atom is 0.120 e. The Morgan fingerprint density at radius 2 is 1.94 bits per heavy atom. The first-order valence-corrected chi connectivity index (χ1v) is 6.50. The summed E-state index contributed by atoms with van der Waals surface area (Å²) in [7, 11) is 0. The van der Waals surface area contributed by atoms with Crippen LogP contribution in [-0.2, 0) is 6.54 Å². The minimum Gasteiger partial charge on any atom is -0.491 e. The van der Waals surface area contributed by atoms with Crippen molar-refractivity contribution in [1.29, 1.82) is 0 Å². The largest absolute Gasteiger partial charge is 0.491 e. The van der Waals surface area contributed by atoms with Crippen molar-refractivity contribution in [3.05, 3.63) is 29.8 Å². The number of aliphatic hydroxyl groups excluding tert-OH is 1. The summed E-state index contributed by atoms with van der Waals surface area (Å²) in [6.45, 7) is 7.47. The SMILES string of the molecule is CC(C)Oc1cccc(CNCCNCCO)c1. The summed E-state index contributed by atoms with van der Waals surface area (Å²) in [5, 5.41) is 15.1.